The monoisotopic (exact) mass is 752 g/mol. The van der Waals surface area contributed by atoms with Crippen LogP contribution in [0.5, 0.6) is 0 Å². The van der Waals surface area contributed by atoms with Crippen molar-refractivity contribution in [1.29, 1.82) is 0 Å². The topological polar surface area (TPSA) is 144 Å². The van der Waals surface area contributed by atoms with Crippen LogP contribution in [0, 0.1) is 60.2 Å². The lowest BCUT2D eigenvalue weighted by molar-refractivity contribution is -0.272. The van der Waals surface area contributed by atoms with Gasteiger partial charge in [0.05, 0.1) is 40.6 Å². The van der Waals surface area contributed by atoms with Crippen molar-refractivity contribution in [3.63, 3.8) is 0 Å². The summed E-state index contributed by atoms with van der Waals surface area (Å²) in [5, 5.41) is 21.4. The molecule has 2 aliphatic heterocycles. The number of sulfone groups is 2. The number of carbonyl (C=O) groups excluding carboxylic acids is 1. The van der Waals surface area contributed by atoms with Gasteiger partial charge >= 0.3 is 0 Å². The molecular weight excluding hydrogens is 701 g/mol. The van der Waals surface area contributed by atoms with Crippen molar-refractivity contribution in [2.24, 2.45) is 46.3 Å². The number of aliphatic hydroxyl groups is 2. The van der Waals surface area contributed by atoms with Crippen molar-refractivity contribution in [3.05, 3.63) is 71.3 Å². The Labute approximate surface area is 308 Å². The van der Waals surface area contributed by atoms with Gasteiger partial charge in [0, 0.05) is 17.8 Å². The third-order valence-corrected chi connectivity index (χ3v) is 19.7. The van der Waals surface area contributed by atoms with Crippen LogP contribution in [0.3, 0.4) is 0 Å². The van der Waals surface area contributed by atoms with Crippen molar-refractivity contribution in [1.82, 2.24) is 0 Å². The second kappa shape index (κ2) is 12.3. The minimum atomic E-state index is -4.61. The van der Waals surface area contributed by atoms with E-state index in [4.69, 9.17) is 9.47 Å². The number of aryl methyl sites for hydroxylation is 2. The maximum Gasteiger partial charge on any atom is 0.196 e. The molecule has 52 heavy (non-hydrogen) atoms. The number of hydrogen-bond acceptors (Lipinski definition) is 9. The van der Waals surface area contributed by atoms with Crippen LogP contribution in [-0.2, 0) is 33.9 Å². The predicted molar refractivity (Wildman–Crippen MR) is 194 cm³/mol. The highest BCUT2D eigenvalue weighted by Gasteiger charge is 2.75. The Kier molecular flexibility index (Phi) is 8.65. The first-order valence-electron chi connectivity index (χ1n) is 19.0. The summed E-state index contributed by atoms with van der Waals surface area (Å²) < 4.78 is 72.4. The van der Waals surface area contributed by atoms with Crippen LogP contribution in [0.25, 0.3) is 0 Å². The van der Waals surface area contributed by atoms with E-state index >= 15 is 16.8 Å². The first-order chi connectivity index (χ1) is 24.4. The molecule has 12 atom stereocenters. The van der Waals surface area contributed by atoms with Gasteiger partial charge in [0.15, 0.2) is 35.8 Å². The molecule has 0 amide bonds. The van der Waals surface area contributed by atoms with Gasteiger partial charge in [-0.15, -0.1) is 0 Å². The summed E-state index contributed by atoms with van der Waals surface area (Å²) in [6.45, 7) is 10.1. The van der Waals surface area contributed by atoms with Crippen LogP contribution >= 0.6 is 0 Å². The summed E-state index contributed by atoms with van der Waals surface area (Å²) in [6.07, 6.45) is 3.39. The highest BCUT2D eigenvalue weighted by Crippen LogP contribution is 2.70. The minimum Gasteiger partial charge on any atom is -0.390 e. The van der Waals surface area contributed by atoms with E-state index in [0.717, 1.165) is 29.5 Å². The van der Waals surface area contributed by atoms with Crippen molar-refractivity contribution in [2.45, 2.75) is 118 Å². The van der Waals surface area contributed by atoms with Gasteiger partial charge in [-0.2, -0.15) is 0 Å². The van der Waals surface area contributed by atoms with E-state index < -0.39 is 71.0 Å². The van der Waals surface area contributed by atoms with Crippen molar-refractivity contribution < 1.29 is 41.3 Å². The summed E-state index contributed by atoms with van der Waals surface area (Å²) in [5.41, 5.74) is 1.10. The fraction of sp³-hybridized carbons (Fsp3) is 0.634. The van der Waals surface area contributed by atoms with Gasteiger partial charge in [0.25, 0.3) is 0 Å². The minimum absolute atomic E-state index is 0.0228. The molecular formula is C41H52O9S2. The van der Waals surface area contributed by atoms with Crippen LogP contribution in [0.4, 0.5) is 0 Å². The zero-order chi connectivity index (χ0) is 37.2. The zero-order valence-electron chi connectivity index (χ0n) is 30.7. The van der Waals surface area contributed by atoms with Crippen LogP contribution in [0.15, 0.2) is 70.0 Å². The molecule has 2 aromatic rings. The highest BCUT2D eigenvalue weighted by atomic mass is 32.3. The van der Waals surface area contributed by atoms with E-state index in [9.17, 15) is 15.0 Å². The van der Waals surface area contributed by atoms with Crippen LogP contribution in [0.1, 0.15) is 76.8 Å². The number of fused-ring (bicyclic) bond motifs is 7. The average molecular weight is 753 g/mol. The smallest absolute Gasteiger partial charge is 0.196 e. The lowest BCUT2D eigenvalue weighted by atomic mass is 9.47. The largest absolute Gasteiger partial charge is 0.390 e. The standard InChI is InChI=1S/C41H52O9S2/c1-23-6-11-27(12-7-23)51(45,46)38(52(47,48)28-13-8-24(2)9-14-28)37-36-34(50-41(37)17-16-25(3)22-49-41)19-31-29-15-10-26-18-32(42)33(43)21-39(26,4)30(29)20-35(44)40(31,36)5/h6-9,11-14,20,25-26,29,31-34,36-38,42-43H,10,15-19,21-22H2,1-5H3/t25?,26?,29-,31+,32?,33?,34+,36-,37-,39+,40-,41-/m1/s1. The lowest BCUT2D eigenvalue weighted by Gasteiger charge is -2.57. The molecule has 282 valence electrons. The normalized spacial score (nSPS) is 41.7. The third kappa shape index (κ3) is 5.23. The first kappa shape index (κ1) is 36.6. The Balaban J connectivity index is 1.32. The second-order valence-corrected chi connectivity index (χ2v) is 22.0. The van der Waals surface area contributed by atoms with Crippen molar-refractivity contribution >= 4 is 25.5 Å². The van der Waals surface area contributed by atoms with Crippen LogP contribution in [0.2, 0.25) is 0 Å². The maximum absolute atomic E-state index is 15.2. The predicted octanol–water partition coefficient (Wildman–Crippen LogP) is 5.73. The van der Waals surface area contributed by atoms with Gasteiger partial charge in [0.1, 0.15) is 0 Å². The fourth-order valence-corrected chi connectivity index (χ4v) is 16.7. The number of aliphatic hydroxyl groups excluding tert-OH is 2. The van der Waals surface area contributed by atoms with E-state index in [1.165, 1.54) is 24.3 Å². The van der Waals surface area contributed by atoms with Crippen molar-refractivity contribution in [2.75, 3.05) is 6.61 Å². The molecule has 6 aliphatic rings. The number of rotatable bonds is 5. The molecule has 2 saturated heterocycles. The third-order valence-electron chi connectivity index (χ3n) is 14.5. The number of carbonyl (C=O) groups is 1. The number of hydrogen-bond donors (Lipinski definition) is 2. The maximum atomic E-state index is 15.2. The Morgan fingerprint density at radius 2 is 1.42 bits per heavy atom. The number of benzene rings is 2. The van der Waals surface area contributed by atoms with E-state index in [-0.39, 0.29) is 45.9 Å². The molecule has 2 aromatic carbocycles. The zero-order valence-corrected chi connectivity index (χ0v) is 32.3. The quantitative estimate of drug-likeness (QED) is 0.391. The van der Waals surface area contributed by atoms with Crippen LogP contribution in [-0.4, -0.2) is 68.1 Å². The molecule has 2 N–H and O–H groups in total. The average Bonchev–Trinajstić information content (AvgIpc) is 3.55. The summed E-state index contributed by atoms with van der Waals surface area (Å²) in [5.74, 6) is -3.57. The van der Waals surface area contributed by atoms with Crippen molar-refractivity contribution in [3.8, 4) is 0 Å². The van der Waals surface area contributed by atoms with E-state index in [1.54, 1.807) is 30.3 Å². The van der Waals surface area contributed by atoms with Gasteiger partial charge in [-0.3, -0.25) is 4.79 Å². The first-order valence-corrected chi connectivity index (χ1v) is 22.1. The summed E-state index contributed by atoms with van der Waals surface area (Å²) >= 11 is 0. The molecule has 9 nitrogen and oxygen atoms in total. The molecule has 0 aromatic heterocycles. The Morgan fingerprint density at radius 3 is 1.98 bits per heavy atom. The van der Waals surface area contributed by atoms with E-state index in [2.05, 4.69) is 6.92 Å². The summed E-state index contributed by atoms with van der Waals surface area (Å²) in [7, 11) is -9.23. The number of allylic oxidation sites excluding steroid dienone is 2. The Bertz CT molecular complexity index is 1920. The molecule has 8 rings (SSSR count). The van der Waals surface area contributed by atoms with Crippen LogP contribution < -0.4 is 0 Å². The molecule has 4 aliphatic carbocycles. The number of ether oxygens (including phenoxy) is 2. The van der Waals surface area contributed by atoms with E-state index in [1.807, 2.05) is 27.7 Å². The molecule has 5 fully saturated rings. The molecule has 0 radical (unpaired) electrons. The van der Waals surface area contributed by atoms with Gasteiger partial charge in [-0.1, -0.05) is 61.7 Å². The second-order valence-electron chi connectivity index (χ2n) is 17.5. The SMILES string of the molecule is Cc1ccc(S(=O)(=O)C([C@H]2[C@H]3[C@H](C[C@H]4[C@@H]5CCC6CC(O)C(O)C[C@]6(C)C5=CC(=O)[C@]34C)O[C@]23CCC(C)CO3)S(=O)(=O)c2ccc(C)cc2)cc1. The summed E-state index contributed by atoms with van der Waals surface area (Å²) in [6, 6.07) is 12.6. The molecule has 0 bridgehead atoms. The molecule has 3 saturated carbocycles. The lowest BCUT2D eigenvalue weighted by Crippen LogP contribution is -2.58. The Morgan fingerprint density at radius 1 is 0.827 bits per heavy atom. The van der Waals surface area contributed by atoms with Gasteiger partial charge < -0.3 is 19.7 Å². The molecule has 4 unspecified atom stereocenters. The van der Waals surface area contributed by atoms with E-state index in [0.29, 0.717) is 32.1 Å². The van der Waals surface area contributed by atoms with Gasteiger partial charge in [-0.05, 0) is 112 Å². The molecule has 11 heteroatoms. The molecule has 1 spiro atoms. The Hall–Kier alpha value is -2.41. The fourth-order valence-electron chi connectivity index (χ4n) is 11.6. The molecule has 2 heterocycles. The number of ketones is 1. The van der Waals surface area contributed by atoms with Gasteiger partial charge in [-0.25, -0.2) is 16.8 Å². The van der Waals surface area contributed by atoms with Gasteiger partial charge in [0.2, 0.25) is 0 Å². The highest BCUT2D eigenvalue weighted by molar-refractivity contribution is 8.09. The summed E-state index contributed by atoms with van der Waals surface area (Å²) in [4.78, 5) is 14.8.